The van der Waals surface area contributed by atoms with Gasteiger partial charge in [-0.15, -0.1) is 0 Å². The number of para-hydroxylation sites is 4. The van der Waals surface area contributed by atoms with Crippen LogP contribution in [0.15, 0.2) is 259 Å². The number of hydrogen-bond acceptors (Lipinski definition) is 4. The number of rotatable bonds is 9. The lowest BCUT2D eigenvalue weighted by atomic mass is 10.00. The highest BCUT2D eigenvalue weighted by Gasteiger charge is 2.41. The third kappa shape index (κ3) is 6.80. The van der Waals surface area contributed by atoms with Crippen molar-refractivity contribution in [2.75, 3.05) is 0 Å². The minimum absolute atomic E-state index is 0.582. The van der Waals surface area contributed by atoms with Crippen molar-refractivity contribution in [1.82, 2.24) is 19.5 Å². The maximum atomic E-state index is 6.53. The number of nitrogens with zero attached hydrogens (tertiary/aromatic N) is 4. The summed E-state index contributed by atoms with van der Waals surface area (Å²) in [6.45, 7) is 0. The zero-order valence-corrected chi connectivity index (χ0v) is 38.4. The number of hydrogen-bond donors (Lipinski definition) is 0. The predicted octanol–water partition coefficient (Wildman–Crippen LogP) is 12.9. The Morgan fingerprint density at radius 2 is 0.754 bits per heavy atom. The molecule has 0 saturated heterocycles. The van der Waals surface area contributed by atoms with Crippen LogP contribution in [0.2, 0.25) is 0 Å². The highest BCUT2D eigenvalue weighted by Crippen LogP contribution is 2.38. The summed E-state index contributed by atoms with van der Waals surface area (Å²) in [4.78, 5) is 16.1. The Balaban J connectivity index is 1.02. The fourth-order valence-electron chi connectivity index (χ4n) is 10.5. The smallest absolute Gasteiger partial charge is 0.179 e. The van der Waals surface area contributed by atoms with Gasteiger partial charge in [-0.2, -0.15) is 0 Å². The highest BCUT2D eigenvalue weighted by atomic mass is 28.3. The zero-order chi connectivity index (χ0) is 45.7. The SMILES string of the molecule is c1ccc([Si](c2ccccc2)(c2ccccc2)c2cccc(-c3nc(-c4cccc(-c5cccc6c5oc5ccccc56)c4)nc(-c4cccc(-n5c6ccccc6c6ccccc65)c4)n3)c2)cc1. The molecule has 0 N–H and O–H groups in total. The minimum atomic E-state index is -2.87. The lowest BCUT2D eigenvalue weighted by Crippen LogP contribution is -2.74. The van der Waals surface area contributed by atoms with E-state index < -0.39 is 8.07 Å². The Hall–Kier alpha value is -8.97. The van der Waals surface area contributed by atoms with Gasteiger partial charge in [0.1, 0.15) is 11.2 Å². The molecule has 13 rings (SSSR count). The molecule has 0 radical (unpaired) electrons. The second-order valence-corrected chi connectivity index (χ2v) is 21.3. The van der Waals surface area contributed by atoms with Crippen LogP contribution >= 0.6 is 0 Å². The molecule has 10 aromatic carbocycles. The molecular weight excluding hydrogens is 857 g/mol. The molecular formula is C63H42N4OSi. The van der Waals surface area contributed by atoms with Gasteiger partial charge in [0.2, 0.25) is 0 Å². The molecule has 6 heteroatoms. The number of fused-ring (bicyclic) bond motifs is 6. The molecule has 0 spiro atoms. The molecule has 0 fully saturated rings. The summed E-state index contributed by atoms with van der Waals surface area (Å²) in [5.41, 5.74) is 9.74. The first-order valence-electron chi connectivity index (χ1n) is 23.3. The molecule has 324 valence electrons. The standard InChI is InChI=1S/C63H42N4OSi/c1-4-25-48(26-5-1)69(49-27-6-2-7-28-49,50-29-8-3-9-30-50)51-31-18-23-46(42-51)63-65-61(44-21-16-20-43(40-44)52-35-19-36-56-55-34-12-15-39-59(55)68-60(52)56)64-62(66-63)45-22-17-24-47(41-45)67-57-37-13-10-32-53(57)54-33-11-14-38-58(54)67/h1-42H. The van der Waals surface area contributed by atoms with Gasteiger partial charge in [-0.1, -0.05) is 218 Å². The van der Waals surface area contributed by atoms with Crippen molar-refractivity contribution in [3.8, 4) is 51.0 Å². The van der Waals surface area contributed by atoms with Crippen LogP contribution < -0.4 is 20.7 Å². The van der Waals surface area contributed by atoms with Gasteiger partial charge in [-0.3, -0.25) is 0 Å². The normalized spacial score (nSPS) is 11.8. The minimum Gasteiger partial charge on any atom is -0.455 e. The summed E-state index contributed by atoms with van der Waals surface area (Å²) in [5, 5.41) is 9.74. The van der Waals surface area contributed by atoms with E-state index >= 15 is 0 Å². The Morgan fingerprint density at radius 1 is 0.319 bits per heavy atom. The van der Waals surface area contributed by atoms with Crippen molar-refractivity contribution in [2.24, 2.45) is 0 Å². The summed E-state index contributed by atoms with van der Waals surface area (Å²) in [6, 6.07) is 90.8. The van der Waals surface area contributed by atoms with Crippen molar-refractivity contribution in [2.45, 2.75) is 0 Å². The molecule has 0 saturated carbocycles. The first-order chi connectivity index (χ1) is 34.2. The van der Waals surface area contributed by atoms with Gasteiger partial charge in [0.15, 0.2) is 25.5 Å². The summed E-state index contributed by atoms with van der Waals surface area (Å²) < 4.78 is 8.86. The topological polar surface area (TPSA) is 56.7 Å². The maximum absolute atomic E-state index is 6.53. The van der Waals surface area contributed by atoms with Crippen LogP contribution in [0.5, 0.6) is 0 Å². The molecule has 3 heterocycles. The van der Waals surface area contributed by atoms with Gasteiger partial charge in [-0.25, -0.2) is 15.0 Å². The van der Waals surface area contributed by atoms with Crippen LogP contribution in [0.4, 0.5) is 0 Å². The van der Waals surface area contributed by atoms with Gasteiger partial charge in [-0.05, 0) is 62.7 Å². The Kier molecular flexibility index (Phi) is 9.77. The van der Waals surface area contributed by atoms with Crippen molar-refractivity contribution in [1.29, 1.82) is 0 Å². The predicted molar refractivity (Wildman–Crippen MR) is 287 cm³/mol. The van der Waals surface area contributed by atoms with E-state index in [2.05, 4.69) is 247 Å². The van der Waals surface area contributed by atoms with E-state index in [9.17, 15) is 0 Å². The quantitative estimate of drug-likeness (QED) is 0.107. The van der Waals surface area contributed by atoms with E-state index in [1.165, 1.54) is 31.5 Å². The number of furan rings is 1. The third-order valence-electron chi connectivity index (χ3n) is 13.6. The van der Waals surface area contributed by atoms with E-state index in [0.29, 0.717) is 17.5 Å². The summed E-state index contributed by atoms with van der Waals surface area (Å²) in [6.07, 6.45) is 0. The van der Waals surface area contributed by atoms with Crippen LogP contribution in [0.1, 0.15) is 0 Å². The fraction of sp³-hybridized carbons (Fsp3) is 0. The van der Waals surface area contributed by atoms with Crippen LogP contribution in [0.25, 0.3) is 94.7 Å². The summed E-state index contributed by atoms with van der Waals surface area (Å²) in [5.74, 6) is 1.77. The molecule has 0 aliphatic rings. The highest BCUT2D eigenvalue weighted by molar-refractivity contribution is 7.19. The summed E-state index contributed by atoms with van der Waals surface area (Å²) >= 11 is 0. The zero-order valence-electron chi connectivity index (χ0n) is 37.4. The molecule has 0 amide bonds. The van der Waals surface area contributed by atoms with E-state index in [1.807, 2.05) is 12.1 Å². The Bertz CT molecular complexity index is 3880. The molecule has 0 aliphatic heterocycles. The molecule has 5 nitrogen and oxygen atoms in total. The average Bonchev–Trinajstić information content (AvgIpc) is 3.98. The number of aromatic nitrogens is 4. The van der Waals surface area contributed by atoms with E-state index in [0.717, 1.165) is 66.5 Å². The molecule has 69 heavy (non-hydrogen) atoms. The molecule has 0 bridgehead atoms. The van der Waals surface area contributed by atoms with E-state index in [1.54, 1.807) is 0 Å². The van der Waals surface area contributed by atoms with E-state index in [4.69, 9.17) is 19.4 Å². The summed E-state index contributed by atoms with van der Waals surface area (Å²) in [7, 11) is -2.87. The fourth-order valence-corrected chi connectivity index (χ4v) is 15.3. The van der Waals surface area contributed by atoms with Crippen molar-refractivity contribution < 1.29 is 4.42 Å². The monoisotopic (exact) mass is 898 g/mol. The third-order valence-corrected chi connectivity index (χ3v) is 18.4. The molecule has 0 atom stereocenters. The molecule has 13 aromatic rings. The average molecular weight is 899 g/mol. The van der Waals surface area contributed by atoms with Gasteiger partial charge in [0, 0.05) is 49.5 Å². The lowest BCUT2D eigenvalue weighted by Gasteiger charge is -2.34. The second kappa shape index (κ2) is 16.7. The van der Waals surface area contributed by atoms with Gasteiger partial charge in [0.05, 0.1) is 11.0 Å². The van der Waals surface area contributed by atoms with Gasteiger partial charge < -0.3 is 8.98 Å². The Labute approximate surface area is 400 Å². The Morgan fingerprint density at radius 3 is 1.36 bits per heavy atom. The number of benzene rings is 10. The van der Waals surface area contributed by atoms with Crippen LogP contribution in [0, 0.1) is 0 Å². The van der Waals surface area contributed by atoms with Crippen LogP contribution in [-0.4, -0.2) is 27.6 Å². The first-order valence-corrected chi connectivity index (χ1v) is 25.3. The van der Waals surface area contributed by atoms with E-state index in [-0.39, 0.29) is 0 Å². The largest absolute Gasteiger partial charge is 0.455 e. The maximum Gasteiger partial charge on any atom is 0.179 e. The van der Waals surface area contributed by atoms with Crippen molar-refractivity contribution in [3.63, 3.8) is 0 Å². The lowest BCUT2D eigenvalue weighted by molar-refractivity contribution is 0.670. The molecule has 0 unspecified atom stereocenters. The molecule has 0 aliphatic carbocycles. The second-order valence-electron chi connectivity index (χ2n) is 17.5. The van der Waals surface area contributed by atoms with Gasteiger partial charge >= 0.3 is 0 Å². The van der Waals surface area contributed by atoms with Crippen molar-refractivity contribution in [3.05, 3.63) is 255 Å². The first kappa shape index (κ1) is 40.3. The van der Waals surface area contributed by atoms with Crippen LogP contribution in [-0.2, 0) is 0 Å². The van der Waals surface area contributed by atoms with Gasteiger partial charge in [0.25, 0.3) is 0 Å². The molecule has 3 aromatic heterocycles. The van der Waals surface area contributed by atoms with Crippen molar-refractivity contribution >= 4 is 72.6 Å². The van der Waals surface area contributed by atoms with Crippen LogP contribution in [0.3, 0.4) is 0 Å².